The molecule has 120 valence electrons. The average molecular weight is 308 g/mol. The van der Waals surface area contributed by atoms with Crippen LogP contribution in [0, 0.1) is 31.1 Å². The molecular weight excluding hydrogens is 274 g/mol. The molecule has 1 saturated carbocycles. The van der Waals surface area contributed by atoms with Crippen LogP contribution in [0.5, 0.6) is 0 Å². The fourth-order valence-corrected chi connectivity index (χ4v) is 4.79. The molecule has 1 nitrogen and oxygen atoms in total. The summed E-state index contributed by atoms with van der Waals surface area (Å²) in [7, 11) is 0. The van der Waals surface area contributed by atoms with Crippen LogP contribution in [0.3, 0.4) is 0 Å². The van der Waals surface area contributed by atoms with Crippen LogP contribution in [0.1, 0.15) is 74.7 Å². The highest BCUT2D eigenvalue weighted by Crippen LogP contribution is 2.39. The molecule has 1 N–H and O–H groups in total. The molecule has 0 spiro atoms. The van der Waals surface area contributed by atoms with E-state index in [1.54, 1.807) is 0 Å². The predicted octanol–water partition coefficient (Wildman–Crippen LogP) is 5.87. The largest absolute Gasteiger partial charge is 0.310 e. The normalized spacial score (nSPS) is 25.0. The first-order valence-electron chi connectivity index (χ1n) is 8.57. The molecule has 1 fully saturated rings. The minimum atomic E-state index is 0.496. The minimum Gasteiger partial charge on any atom is -0.310 e. The summed E-state index contributed by atoms with van der Waals surface area (Å²) in [5, 5.41) is 3.78. The van der Waals surface area contributed by atoms with Crippen LogP contribution >= 0.6 is 11.3 Å². The lowest BCUT2D eigenvalue weighted by Crippen LogP contribution is -2.31. The lowest BCUT2D eigenvalue weighted by Gasteiger charge is -2.37. The lowest BCUT2D eigenvalue weighted by atomic mass is 9.70. The summed E-state index contributed by atoms with van der Waals surface area (Å²) in [6, 6.07) is 2.85. The molecular formula is C19H33NS. The molecule has 1 aromatic rings. The van der Waals surface area contributed by atoms with Crippen LogP contribution in [-0.2, 0) is 0 Å². The van der Waals surface area contributed by atoms with Crippen LogP contribution in [0.25, 0.3) is 0 Å². The number of hydrogen-bond acceptors (Lipinski definition) is 2. The summed E-state index contributed by atoms with van der Waals surface area (Å²) in [5.41, 5.74) is 2.00. The maximum Gasteiger partial charge on any atom is 0.0302 e. The lowest BCUT2D eigenvalue weighted by molar-refractivity contribution is 0.148. The van der Waals surface area contributed by atoms with Crippen molar-refractivity contribution < 1.29 is 0 Å². The molecule has 2 rings (SSSR count). The fraction of sp³-hybridized carbons (Fsp3) is 0.789. The van der Waals surface area contributed by atoms with Gasteiger partial charge in [0.2, 0.25) is 0 Å². The van der Waals surface area contributed by atoms with E-state index < -0.39 is 0 Å². The van der Waals surface area contributed by atoms with E-state index in [4.69, 9.17) is 0 Å². The third kappa shape index (κ3) is 4.56. The van der Waals surface area contributed by atoms with Crippen LogP contribution in [0.15, 0.2) is 6.07 Å². The molecule has 1 aliphatic carbocycles. The molecule has 21 heavy (non-hydrogen) atoms. The third-order valence-electron chi connectivity index (χ3n) is 5.33. The zero-order valence-electron chi connectivity index (χ0n) is 14.8. The van der Waals surface area contributed by atoms with Gasteiger partial charge in [0.1, 0.15) is 0 Å². The van der Waals surface area contributed by atoms with Crippen molar-refractivity contribution in [1.82, 2.24) is 5.32 Å². The third-order valence-corrected chi connectivity index (χ3v) is 6.31. The maximum atomic E-state index is 3.78. The van der Waals surface area contributed by atoms with E-state index in [1.807, 2.05) is 11.3 Å². The van der Waals surface area contributed by atoms with Crippen molar-refractivity contribution in [2.24, 2.45) is 17.3 Å². The van der Waals surface area contributed by atoms with Gasteiger partial charge in [-0.05, 0) is 81.9 Å². The summed E-state index contributed by atoms with van der Waals surface area (Å²) < 4.78 is 0. The highest BCUT2D eigenvalue weighted by molar-refractivity contribution is 7.12. The van der Waals surface area contributed by atoms with Crippen molar-refractivity contribution in [3.05, 3.63) is 21.4 Å². The highest BCUT2D eigenvalue weighted by atomic mass is 32.1. The molecule has 2 heteroatoms. The Kier molecular flexibility index (Phi) is 5.54. The van der Waals surface area contributed by atoms with Crippen molar-refractivity contribution in [2.45, 2.75) is 73.3 Å². The van der Waals surface area contributed by atoms with E-state index >= 15 is 0 Å². The zero-order valence-corrected chi connectivity index (χ0v) is 15.6. The topological polar surface area (TPSA) is 12.0 Å². The Labute approximate surface area is 135 Å². The molecule has 0 aromatic carbocycles. The van der Waals surface area contributed by atoms with Crippen molar-refractivity contribution >= 4 is 11.3 Å². The van der Waals surface area contributed by atoms with Gasteiger partial charge in [-0.2, -0.15) is 0 Å². The minimum absolute atomic E-state index is 0.496. The summed E-state index contributed by atoms with van der Waals surface area (Å²) in [4.78, 5) is 2.91. The Morgan fingerprint density at radius 3 is 2.29 bits per heavy atom. The second kappa shape index (κ2) is 6.83. The summed E-state index contributed by atoms with van der Waals surface area (Å²) in [6.45, 7) is 15.2. The molecule has 0 amide bonds. The highest BCUT2D eigenvalue weighted by Gasteiger charge is 2.29. The number of hydrogen-bond donors (Lipinski definition) is 1. The smallest absolute Gasteiger partial charge is 0.0302 e. The monoisotopic (exact) mass is 307 g/mol. The van der Waals surface area contributed by atoms with Crippen molar-refractivity contribution in [1.29, 1.82) is 0 Å². The molecule has 0 aliphatic heterocycles. The van der Waals surface area contributed by atoms with Gasteiger partial charge in [-0.1, -0.05) is 20.8 Å². The van der Waals surface area contributed by atoms with E-state index in [1.165, 1.54) is 47.5 Å². The molecule has 1 heterocycles. The van der Waals surface area contributed by atoms with Gasteiger partial charge in [0, 0.05) is 15.8 Å². The fourth-order valence-electron chi connectivity index (χ4n) is 3.77. The van der Waals surface area contributed by atoms with Crippen LogP contribution in [0.2, 0.25) is 0 Å². The van der Waals surface area contributed by atoms with Crippen molar-refractivity contribution in [3.63, 3.8) is 0 Å². The Balaban J connectivity index is 1.78. The van der Waals surface area contributed by atoms with Crippen LogP contribution in [-0.4, -0.2) is 6.54 Å². The SMILES string of the molecule is Cc1cc(C(C)NCC2CCC(C(C)(C)C)CC2)c(C)s1. The summed E-state index contributed by atoms with van der Waals surface area (Å²) in [6.07, 6.45) is 5.65. The van der Waals surface area contributed by atoms with Gasteiger partial charge in [-0.3, -0.25) is 0 Å². The molecule has 1 aliphatic rings. The van der Waals surface area contributed by atoms with Gasteiger partial charge in [0.25, 0.3) is 0 Å². The number of aryl methyl sites for hydroxylation is 2. The first-order valence-corrected chi connectivity index (χ1v) is 9.39. The Hall–Kier alpha value is -0.340. The molecule has 1 aromatic heterocycles. The molecule has 0 saturated heterocycles. The first kappa shape index (κ1) is 17.0. The van der Waals surface area contributed by atoms with E-state index in [0.717, 1.165) is 11.8 Å². The van der Waals surface area contributed by atoms with E-state index in [-0.39, 0.29) is 0 Å². The number of nitrogens with one attached hydrogen (secondary N) is 1. The van der Waals surface area contributed by atoms with E-state index in [2.05, 4.69) is 52.9 Å². The molecule has 0 radical (unpaired) electrons. The van der Waals surface area contributed by atoms with E-state index in [9.17, 15) is 0 Å². The molecule has 0 bridgehead atoms. The Morgan fingerprint density at radius 1 is 1.19 bits per heavy atom. The van der Waals surface area contributed by atoms with Gasteiger partial charge in [0.15, 0.2) is 0 Å². The second-order valence-electron chi connectivity index (χ2n) is 8.08. The van der Waals surface area contributed by atoms with Gasteiger partial charge in [0.05, 0.1) is 0 Å². The van der Waals surface area contributed by atoms with Crippen molar-refractivity contribution in [2.75, 3.05) is 6.54 Å². The first-order chi connectivity index (χ1) is 9.77. The molecule has 1 unspecified atom stereocenters. The summed E-state index contributed by atoms with van der Waals surface area (Å²) >= 11 is 1.92. The van der Waals surface area contributed by atoms with Crippen LogP contribution in [0.4, 0.5) is 0 Å². The van der Waals surface area contributed by atoms with E-state index in [0.29, 0.717) is 11.5 Å². The van der Waals surface area contributed by atoms with Crippen molar-refractivity contribution in [3.8, 4) is 0 Å². The Morgan fingerprint density at radius 2 is 1.81 bits per heavy atom. The Bertz CT molecular complexity index is 447. The summed E-state index contributed by atoms with van der Waals surface area (Å²) in [5.74, 6) is 1.80. The van der Waals surface area contributed by atoms with Crippen LogP contribution < -0.4 is 5.32 Å². The van der Waals surface area contributed by atoms with Gasteiger partial charge in [-0.25, -0.2) is 0 Å². The maximum absolute atomic E-state index is 3.78. The number of thiophene rings is 1. The van der Waals surface area contributed by atoms with Gasteiger partial charge < -0.3 is 5.32 Å². The average Bonchev–Trinajstić information content (AvgIpc) is 2.74. The van der Waals surface area contributed by atoms with Gasteiger partial charge >= 0.3 is 0 Å². The molecule has 1 atom stereocenters. The predicted molar refractivity (Wildman–Crippen MR) is 95.1 cm³/mol. The number of rotatable bonds is 4. The second-order valence-corrected chi connectivity index (χ2v) is 9.54. The zero-order chi connectivity index (χ0) is 15.6. The quantitative estimate of drug-likeness (QED) is 0.733. The standard InChI is InChI=1S/C19H33NS/c1-13-11-18(15(3)21-13)14(2)20-12-16-7-9-17(10-8-16)19(4,5)6/h11,14,16-17,20H,7-10,12H2,1-6H3. The van der Waals surface area contributed by atoms with Gasteiger partial charge in [-0.15, -0.1) is 11.3 Å².